The summed E-state index contributed by atoms with van der Waals surface area (Å²) in [5.41, 5.74) is 0.789. The molecular weight excluding hydrogens is 330 g/mol. The Balaban J connectivity index is 1.68. The Hall–Kier alpha value is -2.68. The number of benzene rings is 1. The minimum Gasteiger partial charge on any atom is -0.481 e. The molecule has 0 radical (unpaired) electrons. The number of carbonyl (C=O) groups is 2. The number of rotatable bonds is 5. The van der Waals surface area contributed by atoms with Crippen LogP contribution in [0.4, 0.5) is 11.4 Å². The van der Waals surface area contributed by atoms with E-state index in [1.54, 1.807) is 6.07 Å². The van der Waals surface area contributed by atoms with Crippen molar-refractivity contribution >= 4 is 23.3 Å². The average Bonchev–Trinajstić information content (AvgIpc) is 2.59. The van der Waals surface area contributed by atoms with Gasteiger partial charge in [0.25, 0.3) is 5.91 Å². The van der Waals surface area contributed by atoms with Gasteiger partial charge in [0.15, 0.2) is 6.61 Å². The molecule has 25 heavy (non-hydrogen) atoms. The fourth-order valence-corrected chi connectivity index (χ4v) is 3.28. The summed E-state index contributed by atoms with van der Waals surface area (Å²) in [4.78, 5) is 33.1. The molecule has 1 aromatic carbocycles. The van der Waals surface area contributed by atoms with Gasteiger partial charge in [-0.25, -0.2) is 0 Å². The van der Waals surface area contributed by atoms with E-state index in [9.17, 15) is 19.7 Å². The van der Waals surface area contributed by atoms with Crippen molar-refractivity contribution in [2.75, 3.05) is 11.9 Å². The zero-order valence-electron chi connectivity index (χ0n) is 13.5. The van der Waals surface area contributed by atoms with Crippen molar-refractivity contribution in [3.63, 3.8) is 0 Å². The molecule has 1 aromatic rings. The van der Waals surface area contributed by atoms with E-state index in [0.717, 1.165) is 12.8 Å². The van der Waals surface area contributed by atoms with Gasteiger partial charge in [-0.1, -0.05) is 0 Å². The van der Waals surface area contributed by atoms with Crippen molar-refractivity contribution in [3.8, 4) is 5.75 Å². The molecule has 9 heteroatoms. The maximum absolute atomic E-state index is 11.4. The lowest BCUT2D eigenvalue weighted by molar-refractivity contribution is -0.385. The van der Waals surface area contributed by atoms with Crippen molar-refractivity contribution in [2.45, 2.75) is 38.3 Å². The second kappa shape index (κ2) is 7.06. The summed E-state index contributed by atoms with van der Waals surface area (Å²) in [5.74, 6) is -1.30. The number of nitrogens with zero attached hydrogens (tertiary/aromatic N) is 1. The zero-order chi connectivity index (χ0) is 18.0. The van der Waals surface area contributed by atoms with Gasteiger partial charge in [0.2, 0.25) is 5.75 Å². The number of carboxylic acids is 1. The smallest absolute Gasteiger partial charge is 0.313 e. The van der Waals surface area contributed by atoms with Crippen LogP contribution in [0.15, 0.2) is 12.1 Å². The highest BCUT2D eigenvalue weighted by Gasteiger charge is 2.28. The van der Waals surface area contributed by atoms with Crippen LogP contribution in [0.25, 0.3) is 0 Å². The molecular formula is C16H19N3O6. The van der Waals surface area contributed by atoms with Crippen molar-refractivity contribution in [2.24, 2.45) is 5.92 Å². The highest BCUT2D eigenvalue weighted by Crippen LogP contribution is 2.38. The van der Waals surface area contributed by atoms with Crippen molar-refractivity contribution in [1.82, 2.24) is 5.32 Å². The third kappa shape index (κ3) is 3.87. The molecule has 3 rings (SSSR count). The quantitative estimate of drug-likeness (QED) is 0.544. The van der Waals surface area contributed by atoms with Crippen molar-refractivity contribution in [3.05, 3.63) is 27.8 Å². The van der Waals surface area contributed by atoms with Crippen LogP contribution in [0, 0.1) is 16.0 Å². The first-order chi connectivity index (χ1) is 11.9. The molecule has 134 valence electrons. The normalized spacial score (nSPS) is 22.5. The van der Waals surface area contributed by atoms with Gasteiger partial charge in [0, 0.05) is 18.7 Å². The molecule has 0 unspecified atom stereocenters. The molecule has 9 nitrogen and oxygen atoms in total. The van der Waals surface area contributed by atoms with E-state index in [0.29, 0.717) is 30.6 Å². The minimum absolute atomic E-state index is 0.0790. The number of fused-ring (bicyclic) bond motifs is 1. The Morgan fingerprint density at radius 1 is 1.36 bits per heavy atom. The largest absolute Gasteiger partial charge is 0.481 e. The number of hydrogen-bond acceptors (Lipinski definition) is 6. The Morgan fingerprint density at radius 3 is 2.72 bits per heavy atom. The van der Waals surface area contributed by atoms with Gasteiger partial charge in [0.1, 0.15) is 0 Å². The van der Waals surface area contributed by atoms with Crippen LogP contribution in [-0.2, 0) is 16.1 Å². The van der Waals surface area contributed by atoms with Crippen LogP contribution in [0.1, 0.15) is 31.2 Å². The summed E-state index contributed by atoms with van der Waals surface area (Å²) in [5, 5.41) is 26.2. The van der Waals surface area contributed by atoms with E-state index in [1.807, 2.05) is 0 Å². The monoisotopic (exact) mass is 349 g/mol. The van der Waals surface area contributed by atoms with Crippen LogP contribution in [-0.4, -0.2) is 34.6 Å². The summed E-state index contributed by atoms with van der Waals surface area (Å²) in [7, 11) is 0. The number of nitro groups is 1. The lowest BCUT2D eigenvalue weighted by atomic mass is 9.86. The number of anilines is 1. The molecule has 1 aliphatic carbocycles. The standard InChI is InChI=1S/C16H19N3O6/c20-14-8-25-15-12(18-14)5-9(6-13(15)19(23)24)7-17-11-3-1-10(2-4-11)16(21)22/h5-6,10-11,17H,1-4,7-8H2,(H,18,20)(H,21,22)/t10-,11-. The topological polar surface area (TPSA) is 131 Å². The van der Waals surface area contributed by atoms with E-state index < -0.39 is 10.9 Å². The van der Waals surface area contributed by atoms with E-state index in [2.05, 4.69) is 10.6 Å². The number of nitrogens with one attached hydrogen (secondary N) is 2. The van der Waals surface area contributed by atoms with E-state index >= 15 is 0 Å². The Kier molecular flexibility index (Phi) is 4.84. The van der Waals surface area contributed by atoms with Gasteiger partial charge >= 0.3 is 11.7 Å². The first kappa shape index (κ1) is 17.2. The fraction of sp³-hybridized carbons (Fsp3) is 0.500. The van der Waals surface area contributed by atoms with Gasteiger partial charge in [-0.15, -0.1) is 0 Å². The molecule has 1 heterocycles. The number of ether oxygens (including phenoxy) is 1. The molecule has 1 aliphatic heterocycles. The van der Waals surface area contributed by atoms with Crippen LogP contribution < -0.4 is 15.4 Å². The number of carbonyl (C=O) groups excluding carboxylic acids is 1. The molecule has 2 aliphatic rings. The van der Waals surface area contributed by atoms with Crippen LogP contribution in [0.5, 0.6) is 5.75 Å². The predicted molar refractivity (Wildman–Crippen MR) is 87.4 cm³/mol. The van der Waals surface area contributed by atoms with Gasteiger partial charge in [-0.05, 0) is 37.3 Å². The molecule has 0 saturated heterocycles. The fourth-order valence-electron chi connectivity index (χ4n) is 3.28. The van der Waals surface area contributed by atoms with Crippen LogP contribution in [0.2, 0.25) is 0 Å². The second-order valence-corrected chi connectivity index (χ2v) is 6.35. The lowest BCUT2D eigenvalue weighted by Crippen LogP contribution is -2.34. The maximum atomic E-state index is 11.4. The van der Waals surface area contributed by atoms with Gasteiger partial charge < -0.3 is 20.5 Å². The van der Waals surface area contributed by atoms with Gasteiger partial charge in [-0.2, -0.15) is 0 Å². The lowest BCUT2D eigenvalue weighted by Gasteiger charge is -2.27. The summed E-state index contributed by atoms with van der Waals surface area (Å²) >= 11 is 0. The number of hydrogen-bond donors (Lipinski definition) is 3. The second-order valence-electron chi connectivity index (χ2n) is 6.35. The molecule has 1 fully saturated rings. The third-order valence-electron chi connectivity index (χ3n) is 4.62. The highest BCUT2D eigenvalue weighted by molar-refractivity contribution is 5.96. The first-order valence-electron chi connectivity index (χ1n) is 8.14. The molecule has 0 aromatic heterocycles. The maximum Gasteiger partial charge on any atom is 0.313 e. The molecule has 0 spiro atoms. The summed E-state index contributed by atoms with van der Waals surface area (Å²) < 4.78 is 5.18. The zero-order valence-corrected chi connectivity index (χ0v) is 13.5. The SMILES string of the molecule is O=C1COc2c(cc(CN[C@H]3CC[C@H](C(=O)O)CC3)cc2[N+](=O)[O-])N1. The summed E-state index contributed by atoms with van der Waals surface area (Å²) in [6.07, 6.45) is 2.76. The molecule has 0 bridgehead atoms. The summed E-state index contributed by atoms with van der Waals surface area (Å²) in [6, 6.07) is 3.28. The molecule has 3 N–H and O–H groups in total. The Morgan fingerprint density at radius 2 is 2.08 bits per heavy atom. The highest BCUT2D eigenvalue weighted by atomic mass is 16.6. The number of amides is 1. The number of nitro benzene ring substituents is 1. The van der Waals surface area contributed by atoms with Crippen molar-refractivity contribution < 1.29 is 24.4 Å². The van der Waals surface area contributed by atoms with E-state index in [-0.39, 0.29) is 35.9 Å². The van der Waals surface area contributed by atoms with Gasteiger partial charge in [-0.3, -0.25) is 19.7 Å². The average molecular weight is 349 g/mol. The molecule has 0 atom stereocenters. The van der Waals surface area contributed by atoms with E-state index in [1.165, 1.54) is 6.07 Å². The first-order valence-corrected chi connectivity index (χ1v) is 8.14. The Bertz CT molecular complexity index is 712. The Labute approximate surface area is 143 Å². The predicted octanol–water partition coefficient (Wildman–Crippen LogP) is 1.66. The van der Waals surface area contributed by atoms with Crippen LogP contribution in [0.3, 0.4) is 0 Å². The van der Waals surface area contributed by atoms with E-state index in [4.69, 9.17) is 9.84 Å². The number of aliphatic carboxylic acids is 1. The summed E-state index contributed by atoms with van der Waals surface area (Å²) in [6.45, 7) is 0.157. The third-order valence-corrected chi connectivity index (χ3v) is 4.62. The van der Waals surface area contributed by atoms with Crippen molar-refractivity contribution in [1.29, 1.82) is 0 Å². The minimum atomic E-state index is -0.750. The number of carboxylic acid groups (broad SMARTS) is 1. The van der Waals surface area contributed by atoms with Crippen LogP contribution >= 0.6 is 0 Å². The molecule has 1 saturated carbocycles. The molecule has 1 amide bonds. The van der Waals surface area contributed by atoms with Gasteiger partial charge in [0.05, 0.1) is 16.5 Å².